The van der Waals surface area contributed by atoms with E-state index in [1.54, 1.807) is 23.1 Å². The van der Waals surface area contributed by atoms with Crippen molar-refractivity contribution in [1.82, 2.24) is 0 Å². The second-order valence-electron chi connectivity index (χ2n) is 7.15. The van der Waals surface area contributed by atoms with Crippen LogP contribution in [0, 0.1) is 0 Å². The molecule has 3 aromatic carbocycles. The summed E-state index contributed by atoms with van der Waals surface area (Å²) in [5.41, 5.74) is 8.16. The third-order valence-corrected chi connectivity index (χ3v) is 6.57. The van der Waals surface area contributed by atoms with Crippen LogP contribution in [0.4, 0.5) is 11.4 Å². The summed E-state index contributed by atoms with van der Waals surface area (Å²) in [5.74, 6) is -0.374. The number of primary sulfonamides is 1. The van der Waals surface area contributed by atoms with Gasteiger partial charge in [0.25, 0.3) is 5.91 Å². The molecule has 0 spiro atoms. The fourth-order valence-electron chi connectivity index (χ4n) is 3.50. The Hall–Kier alpha value is -3.12. The molecule has 0 bridgehead atoms. The van der Waals surface area contributed by atoms with Crippen LogP contribution in [0.2, 0.25) is 0 Å². The lowest BCUT2D eigenvalue weighted by Gasteiger charge is -2.20. The Labute approximate surface area is 204 Å². The second kappa shape index (κ2) is 9.02. The van der Waals surface area contributed by atoms with Gasteiger partial charge in [-0.25, -0.2) is 18.6 Å². The molecule has 1 aliphatic rings. The SMILES string of the molecule is NC(=S)N(/N=C1\C(=O)N(Cc2ccccc2)c2cc(Br)ccc21)c1ccccc1S(N)(=O)=O. The molecule has 0 unspecified atom stereocenters. The number of amides is 1. The number of carbonyl (C=O) groups is 1. The minimum absolute atomic E-state index is 0.0490. The molecule has 0 saturated carbocycles. The molecule has 0 radical (unpaired) electrons. The average Bonchev–Trinajstić information content (AvgIpc) is 3.02. The molecular weight excluding hydrogens is 526 g/mol. The predicted octanol–water partition coefficient (Wildman–Crippen LogP) is 3.10. The monoisotopic (exact) mass is 543 g/mol. The number of nitrogens with two attached hydrogens (primary N) is 2. The number of rotatable bonds is 5. The van der Waals surface area contributed by atoms with Crippen molar-refractivity contribution in [2.75, 3.05) is 9.91 Å². The smallest absolute Gasteiger partial charge is 0.279 e. The first-order valence-corrected chi connectivity index (χ1v) is 12.4. The lowest BCUT2D eigenvalue weighted by Crippen LogP contribution is -2.36. The number of anilines is 2. The average molecular weight is 544 g/mol. The maximum Gasteiger partial charge on any atom is 0.279 e. The van der Waals surface area contributed by atoms with E-state index >= 15 is 0 Å². The summed E-state index contributed by atoms with van der Waals surface area (Å²) in [6, 6.07) is 20.8. The predicted molar refractivity (Wildman–Crippen MR) is 135 cm³/mol. The third-order valence-electron chi connectivity index (χ3n) is 4.95. The zero-order valence-electron chi connectivity index (χ0n) is 17.1. The van der Waals surface area contributed by atoms with Crippen molar-refractivity contribution in [1.29, 1.82) is 0 Å². The van der Waals surface area contributed by atoms with Crippen molar-refractivity contribution in [3.8, 4) is 0 Å². The normalized spacial score (nSPS) is 14.4. The zero-order chi connectivity index (χ0) is 23.8. The van der Waals surface area contributed by atoms with Crippen molar-refractivity contribution in [3.05, 3.63) is 88.4 Å². The van der Waals surface area contributed by atoms with Crippen LogP contribution in [0.3, 0.4) is 0 Å². The van der Waals surface area contributed by atoms with Crippen molar-refractivity contribution in [2.24, 2.45) is 16.0 Å². The Morgan fingerprint density at radius 1 is 1.06 bits per heavy atom. The van der Waals surface area contributed by atoms with E-state index in [2.05, 4.69) is 21.0 Å². The van der Waals surface area contributed by atoms with E-state index in [0.717, 1.165) is 15.0 Å². The molecule has 4 rings (SSSR count). The largest absolute Gasteiger partial charge is 0.374 e. The Balaban J connectivity index is 1.85. The highest BCUT2D eigenvalue weighted by molar-refractivity contribution is 9.10. The van der Waals surface area contributed by atoms with Crippen LogP contribution in [0.15, 0.2) is 87.3 Å². The first-order chi connectivity index (χ1) is 15.7. The van der Waals surface area contributed by atoms with E-state index in [1.165, 1.54) is 18.2 Å². The van der Waals surface area contributed by atoms with Gasteiger partial charge in [0.15, 0.2) is 10.8 Å². The van der Waals surface area contributed by atoms with Gasteiger partial charge < -0.3 is 10.6 Å². The number of carbonyl (C=O) groups excluding carboxylic acids is 1. The first kappa shape index (κ1) is 23.1. The van der Waals surface area contributed by atoms with Crippen molar-refractivity contribution >= 4 is 66.3 Å². The molecule has 1 heterocycles. The van der Waals surface area contributed by atoms with E-state index in [-0.39, 0.29) is 27.3 Å². The molecule has 1 amide bonds. The molecule has 4 N–H and O–H groups in total. The van der Waals surface area contributed by atoms with E-state index in [1.807, 2.05) is 36.4 Å². The molecule has 0 aliphatic carbocycles. The molecular formula is C22H18BrN5O3S2. The van der Waals surface area contributed by atoms with E-state index in [4.69, 9.17) is 23.1 Å². The van der Waals surface area contributed by atoms with Gasteiger partial charge in [0.2, 0.25) is 10.0 Å². The molecule has 33 heavy (non-hydrogen) atoms. The molecule has 0 saturated heterocycles. The number of hydrazone groups is 1. The van der Waals surface area contributed by atoms with Gasteiger partial charge in [-0.3, -0.25) is 4.79 Å². The van der Waals surface area contributed by atoms with Gasteiger partial charge in [-0.05, 0) is 48.1 Å². The standard InChI is InChI=1S/C22H18BrN5O3S2/c23-15-10-11-16-18(12-15)27(13-14-6-2-1-3-7-14)21(29)20(16)26-28(22(24)32)17-8-4-5-9-19(17)33(25,30)31/h1-12H,13H2,(H2,24,32)(H2,25,30,31)/b26-20-. The lowest BCUT2D eigenvalue weighted by atomic mass is 10.1. The summed E-state index contributed by atoms with van der Waals surface area (Å²) in [7, 11) is -4.10. The van der Waals surface area contributed by atoms with Crippen LogP contribution >= 0.6 is 28.1 Å². The highest BCUT2D eigenvalue weighted by Crippen LogP contribution is 2.34. The Kier molecular flexibility index (Phi) is 6.30. The van der Waals surface area contributed by atoms with E-state index in [0.29, 0.717) is 17.8 Å². The summed E-state index contributed by atoms with van der Waals surface area (Å²) in [4.78, 5) is 14.9. The highest BCUT2D eigenvalue weighted by Gasteiger charge is 2.35. The maximum atomic E-state index is 13.5. The summed E-state index contributed by atoms with van der Waals surface area (Å²) in [6.07, 6.45) is 0. The molecule has 11 heteroatoms. The molecule has 0 atom stereocenters. The summed E-state index contributed by atoms with van der Waals surface area (Å²) < 4.78 is 25.0. The Morgan fingerprint density at radius 2 is 1.73 bits per heavy atom. The Bertz CT molecular complexity index is 1390. The van der Waals surface area contributed by atoms with E-state index in [9.17, 15) is 13.2 Å². The summed E-state index contributed by atoms with van der Waals surface area (Å²) in [6.45, 7) is 0.322. The lowest BCUT2D eigenvalue weighted by molar-refractivity contribution is -0.112. The number of benzene rings is 3. The quantitative estimate of drug-likeness (QED) is 0.376. The van der Waals surface area contributed by atoms with Gasteiger partial charge in [-0.2, -0.15) is 5.10 Å². The van der Waals surface area contributed by atoms with Crippen molar-refractivity contribution in [2.45, 2.75) is 11.4 Å². The van der Waals surface area contributed by atoms with Gasteiger partial charge in [-0.15, -0.1) is 0 Å². The molecule has 0 aromatic heterocycles. The van der Waals surface area contributed by atoms with Crippen LogP contribution in [0.1, 0.15) is 11.1 Å². The van der Waals surface area contributed by atoms with Crippen LogP contribution in [-0.2, 0) is 21.4 Å². The summed E-state index contributed by atoms with van der Waals surface area (Å²) >= 11 is 8.59. The van der Waals surface area contributed by atoms with Gasteiger partial charge in [-0.1, -0.05) is 58.4 Å². The number of hydrogen-bond acceptors (Lipinski definition) is 5. The number of fused-ring (bicyclic) bond motifs is 1. The zero-order valence-corrected chi connectivity index (χ0v) is 20.3. The molecule has 1 aliphatic heterocycles. The maximum absolute atomic E-state index is 13.5. The molecule has 168 valence electrons. The van der Waals surface area contributed by atoms with Crippen molar-refractivity contribution in [3.63, 3.8) is 0 Å². The van der Waals surface area contributed by atoms with E-state index < -0.39 is 10.0 Å². The van der Waals surface area contributed by atoms with Gasteiger partial charge in [0.1, 0.15) is 4.90 Å². The number of nitrogens with zero attached hydrogens (tertiary/aromatic N) is 3. The van der Waals surface area contributed by atoms with Crippen LogP contribution in [0.5, 0.6) is 0 Å². The van der Waals surface area contributed by atoms with Crippen molar-refractivity contribution < 1.29 is 13.2 Å². The van der Waals surface area contributed by atoms with Crippen LogP contribution < -0.4 is 20.8 Å². The second-order valence-corrected chi connectivity index (χ2v) is 10.0. The molecule has 3 aromatic rings. The third kappa shape index (κ3) is 4.67. The fraction of sp³-hybridized carbons (Fsp3) is 0.0455. The number of thiocarbonyl (C=S) groups is 1. The highest BCUT2D eigenvalue weighted by atomic mass is 79.9. The van der Waals surface area contributed by atoms with Crippen LogP contribution in [0.25, 0.3) is 0 Å². The van der Waals surface area contributed by atoms with Crippen LogP contribution in [-0.4, -0.2) is 25.1 Å². The number of sulfonamides is 1. The summed E-state index contributed by atoms with van der Waals surface area (Å²) in [5, 5.41) is 10.6. The number of halogens is 1. The minimum atomic E-state index is -4.10. The topological polar surface area (TPSA) is 122 Å². The minimum Gasteiger partial charge on any atom is -0.374 e. The first-order valence-electron chi connectivity index (χ1n) is 9.62. The fourth-order valence-corrected chi connectivity index (χ4v) is 4.70. The molecule has 8 nitrogen and oxygen atoms in total. The van der Waals surface area contributed by atoms with Gasteiger partial charge in [0.05, 0.1) is 17.9 Å². The van der Waals surface area contributed by atoms with Gasteiger partial charge >= 0.3 is 0 Å². The number of para-hydroxylation sites is 1. The Morgan fingerprint density at radius 3 is 2.39 bits per heavy atom. The molecule has 0 fully saturated rings. The number of hydrogen-bond donors (Lipinski definition) is 2. The van der Waals surface area contributed by atoms with Gasteiger partial charge in [0, 0.05) is 10.0 Å².